The molecule has 0 saturated carbocycles. The maximum Gasteiger partial charge on any atom is 0.490 e. The van der Waals surface area contributed by atoms with E-state index < -0.39 is 36.7 Å². The second-order valence-electron chi connectivity index (χ2n) is 6.60. The SMILES string of the molecule is N#Cc1cc(F)c(Cl)cc1O[C@H](CCNCCC(F)(F)F)c1ccccc1.O=C(O)C(F)(F)F. The third-order valence-corrected chi connectivity index (χ3v) is 4.28. The predicted molar refractivity (Wildman–Crippen MR) is 108 cm³/mol. The van der Waals surface area contributed by atoms with Crippen molar-refractivity contribution >= 4 is 17.6 Å². The average Bonchev–Trinajstić information content (AvgIpc) is 2.74. The number of carboxylic acid groups (broad SMARTS) is 1. The molecule has 0 fully saturated rings. The minimum Gasteiger partial charge on any atom is -0.484 e. The minimum atomic E-state index is -5.08. The van der Waals surface area contributed by atoms with Gasteiger partial charge in [-0.05, 0) is 18.2 Å². The van der Waals surface area contributed by atoms with Crippen molar-refractivity contribution in [2.45, 2.75) is 31.3 Å². The summed E-state index contributed by atoms with van der Waals surface area (Å²) in [5.74, 6) is -3.37. The average molecular weight is 515 g/mol. The van der Waals surface area contributed by atoms with Gasteiger partial charge in [-0.1, -0.05) is 41.9 Å². The van der Waals surface area contributed by atoms with Gasteiger partial charge in [0, 0.05) is 19.0 Å². The molecule has 0 aliphatic rings. The third-order valence-electron chi connectivity index (χ3n) is 3.99. The molecule has 0 aliphatic carbocycles. The van der Waals surface area contributed by atoms with Gasteiger partial charge in [-0.15, -0.1) is 0 Å². The minimum absolute atomic E-state index is 0.0112. The van der Waals surface area contributed by atoms with E-state index in [1.807, 2.05) is 12.1 Å². The highest BCUT2D eigenvalue weighted by Gasteiger charge is 2.38. The first kappa shape index (κ1) is 29.0. The molecular weight excluding hydrogens is 497 g/mol. The lowest BCUT2D eigenvalue weighted by atomic mass is 10.1. The zero-order chi connectivity index (χ0) is 25.9. The van der Waals surface area contributed by atoms with Crippen LogP contribution in [0.25, 0.3) is 0 Å². The molecule has 0 radical (unpaired) electrons. The monoisotopic (exact) mass is 514 g/mol. The Balaban J connectivity index is 0.000000718. The zero-order valence-corrected chi connectivity index (χ0v) is 17.9. The Morgan fingerprint density at radius 2 is 1.71 bits per heavy atom. The van der Waals surface area contributed by atoms with E-state index in [-0.39, 0.29) is 29.4 Å². The first-order valence-electron chi connectivity index (χ1n) is 9.43. The molecule has 0 bridgehead atoms. The van der Waals surface area contributed by atoms with Gasteiger partial charge < -0.3 is 15.2 Å². The molecule has 0 heterocycles. The van der Waals surface area contributed by atoms with Crippen LogP contribution in [-0.2, 0) is 4.79 Å². The quantitative estimate of drug-likeness (QED) is 0.332. The van der Waals surface area contributed by atoms with E-state index in [0.717, 1.165) is 11.6 Å². The third kappa shape index (κ3) is 10.7. The molecule has 13 heteroatoms. The molecule has 186 valence electrons. The van der Waals surface area contributed by atoms with E-state index >= 15 is 0 Å². The smallest absolute Gasteiger partial charge is 0.484 e. The van der Waals surface area contributed by atoms with Crippen LogP contribution in [0.2, 0.25) is 5.02 Å². The lowest BCUT2D eigenvalue weighted by molar-refractivity contribution is -0.192. The number of carboxylic acids is 1. The van der Waals surface area contributed by atoms with Crippen LogP contribution in [0.4, 0.5) is 30.7 Å². The van der Waals surface area contributed by atoms with Crippen LogP contribution in [0.15, 0.2) is 42.5 Å². The fraction of sp³-hybridized carbons (Fsp3) is 0.333. The Kier molecular flexibility index (Phi) is 11.1. The Morgan fingerprint density at radius 1 is 1.12 bits per heavy atom. The van der Waals surface area contributed by atoms with Crippen LogP contribution >= 0.6 is 11.6 Å². The maximum atomic E-state index is 13.5. The molecule has 2 aromatic carbocycles. The number of nitrogens with one attached hydrogen (secondary N) is 1. The number of carbonyl (C=O) groups is 1. The number of halogens is 8. The molecule has 0 unspecified atom stereocenters. The van der Waals surface area contributed by atoms with Gasteiger partial charge in [0.25, 0.3) is 0 Å². The van der Waals surface area contributed by atoms with E-state index in [1.54, 1.807) is 24.3 Å². The van der Waals surface area contributed by atoms with Crippen molar-refractivity contribution in [3.8, 4) is 11.8 Å². The van der Waals surface area contributed by atoms with Crippen LogP contribution < -0.4 is 10.1 Å². The highest BCUT2D eigenvalue weighted by Crippen LogP contribution is 2.31. The summed E-state index contributed by atoms with van der Waals surface area (Å²) in [5.41, 5.74) is 0.766. The van der Waals surface area contributed by atoms with Crippen LogP contribution in [-0.4, -0.2) is 36.5 Å². The molecule has 2 rings (SSSR count). The van der Waals surface area contributed by atoms with Crippen molar-refractivity contribution in [2.75, 3.05) is 13.1 Å². The Bertz CT molecular complexity index is 977. The number of benzene rings is 2. The van der Waals surface area contributed by atoms with Crippen molar-refractivity contribution in [1.29, 1.82) is 5.26 Å². The zero-order valence-electron chi connectivity index (χ0n) is 17.2. The summed E-state index contributed by atoms with van der Waals surface area (Å²) < 4.78 is 87.8. The number of ether oxygens (including phenoxy) is 1. The number of hydrogen-bond acceptors (Lipinski definition) is 4. The lowest BCUT2D eigenvalue weighted by Gasteiger charge is -2.21. The fourth-order valence-corrected chi connectivity index (χ4v) is 2.57. The van der Waals surface area contributed by atoms with Gasteiger partial charge in [0.2, 0.25) is 0 Å². The van der Waals surface area contributed by atoms with Crippen molar-refractivity contribution in [2.24, 2.45) is 0 Å². The Hall–Kier alpha value is -3.04. The summed E-state index contributed by atoms with van der Waals surface area (Å²) in [6, 6.07) is 13.1. The van der Waals surface area contributed by atoms with E-state index in [9.17, 15) is 36.0 Å². The highest BCUT2D eigenvalue weighted by molar-refractivity contribution is 6.30. The molecule has 34 heavy (non-hydrogen) atoms. The van der Waals surface area contributed by atoms with Crippen LogP contribution in [0.5, 0.6) is 5.75 Å². The van der Waals surface area contributed by atoms with Gasteiger partial charge in [0.05, 0.1) is 17.0 Å². The maximum absolute atomic E-state index is 13.5. The number of rotatable bonds is 8. The summed E-state index contributed by atoms with van der Waals surface area (Å²) >= 11 is 5.78. The first-order chi connectivity index (χ1) is 15.7. The van der Waals surface area contributed by atoms with Crippen molar-refractivity contribution < 1.29 is 45.4 Å². The molecule has 0 aromatic heterocycles. The Labute approximate surface area is 194 Å². The van der Waals surface area contributed by atoms with Crippen molar-refractivity contribution in [3.63, 3.8) is 0 Å². The van der Waals surface area contributed by atoms with Gasteiger partial charge in [-0.2, -0.15) is 31.6 Å². The number of alkyl halides is 6. The first-order valence-corrected chi connectivity index (χ1v) is 9.80. The second kappa shape index (κ2) is 13.0. The lowest BCUT2D eigenvalue weighted by Crippen LogP contribution is -2.24. The van der Waals surface area contributed by atoms with E-state index in [4.69, 9.17) is 26.2 Å². The highest BCUT2D eigenvalue weighted by atomic mass is 35.5. The van der Waals surface area contributed by atoms with Crippen LogP contribution in [0.1, 0.15) is 30.1 Å². The van der Waals surface area contributed by atoms with Gasteiger partial charge in [-0.3, -0.25) is 0 Å². The molecule has 2 aromatic rings. The standard InChI is InChI=1S/C19H17ClF4N2O.C2HF3O2/c20-15-11-18(14(12-25)10-16(15)21)27-17(13-4-2-1-3-5-13)6-8-26-9-7-19(22,23)24;3-2(4,5)1(6)7/h1-5,10-11,17,26H,6-9H2;(H,6,7)/t17-;/m1./s1. The number of nitriles is 1. The van der Waals surface area contributed by atoms with Crippen molar-refractivity contribution in [1.82, 2.24) is 5.32 Å². The predicted octanol–water partition coefficient (Wildman–Crippen LogP) is 6.04. The molecule has 0 amide bonds. The molecule has 2 N–H and O–H groups in total. The number of aliphatic carboxylic acids is 1. The van der Waals surface area contributed by atoms with Crippen molar-refractivity contribution in [3.05, 3.63) is 64.4 Å². The van der Waals surface area contributed by atoms with Crippen LogP contribution in [0, 0.1) is 17.1 Å². The summed E-state index contributed by atoms with van der Waals surface area (Å²) in [4.78, 5) is 8.90. The molecule has 0 spiro atoms. The topological polar surface area (TPSA) is 82.3 Å². The Morgan fingerprint density at radius 3 is 2.21 bits per heavy atom. The van der Waals surface area contributed by atoms with Crippen LogP contribution in [0.3, 0.4) is 0 Å². The van der Waals surface area contributed by atoms with E-state index in [0.29, 0.717) is 6.42 Å². The van der Waals surface area contributed by atoms with E-state index in [1.165, 1.54) is 6.07 Å². The number of nitrogens with zero attached hydrogens (tertiary/aromatic N) is 1. The van der Waals surface area contributed by atoms with Gasteiger partial charge in [0.1, 0.15) is 23.7 Å². The van der Waals surface area contributed by atoms with Gasteiger partial charge in [0.15, 0.2) is 0 Å². The fourth-order valence-electron chi connectivity index (χ4n) is 2.42. The largest absolute Gasteiger partial charge is 0.490 e. The molecule has 0 aliphatic heterocycles. The van der Waals surface area contributed by atoms with Gasteiger partial charge in [-0.25, -0.2) is 9.18 Å². The molecule has 1 atom stereocenters. The normalized spacial score (nSPS) is 12.2. The second-order valence-corrected chi connectivity index (χ2v) is 7.01. The summed E-state index contributed by atoms with van der Waals surface area (Å²) in [6.45, 7) is 0.0727. The number of hydrogen-bond donors (Lipinski definition) is 2. The molecule has 5 nitrogen and oxygen atoms in total. The van der Waals surface area contributed by atoms with Gasteiger partial charge >= 0.3 is 18.3 Å². The molecular formula is C21H18ClF7N2O3. The summed E-state index contributed by atoms with van der Waals surface area (Å²) in [7, 11) is 0. The van der Waals surface area contributed by atoms with E-state index in [2.05, 4.69) is 5.32 Å². The summed E-state index contributed by atoms with van der Waals surface area (Å²) in [5, 5.41) is 18.9. The summed E-state index contributed by atoms with van der Waals surface area (Å²) in [6.07, 6.45) is -10.4. The molecule has 0 saturated heterocycles.